The van der Waals surface area contributed by atoms with Crippen molar-refractivity contribution in [2.45, 2.75) is 40.0 Å². The molecule has 0 radical (unpaired) electrons. The van der Waals surface area contributed by atoms with Gasteiger partial charge >= 0.3 is 0 Å². The maximum absolute atomic E-state index is 11.4. The smallest absolute Gasteiger partial charge is 0.138 e. The molecule has 17 heavy (non-hydrogen) atoms. The molecule has 0 amide bonds. The third-order valence-electron chi connectivity index (χ3n) is 2.81. The van der Waals surface area contributed by atoms with Gasteiger partial charge in [0.1, 0.15) is 11.5 Å². The monoisotopic (exact) mass is 234 g/mol. The molecule has 1 aromatic carbocycles. The zero-order valence-corrected chi connectivity index (χ0v) is 11.2. The van der Waals surface area contributed by atoms with E-state index >= 15 is 0 Å². The Morgan fingerprint density at radius 2 is 1.71 bits per heavy atom. The van der Waals surface area contributed by atoms with Gasteiger partial charge in [-0.15, -0.1) is 0 Å². The lowest BCUT2D eigenvalue weighted by Gasteiger charge is -2.09. The van der Waals surface area contributed by atoms with E-state index in [0.29, 0.717) is 18.9 Å². The Labute approximate surface area is 104 Å². The van der Waals surface area contributed by atoms with Crippen LogP contribution in [-0.4, -0.2) is 12.4 Å². The molecule has 0 saturated carbocycles. The molecule has 2 heteroatoms. The molecule has 0 fully saturated rings. The van der Waals surface area contributed by atoms with E-state index in [0.717, 1.165) is 5.75 Å². The highest BCUT2D eigenvalue weighted by Gasteiger charge is 2.07. The van der Waals surface area contributed by atoms with Crippen molar-refractivity contribution < 1.29 is 9.53 Å². The second-order valence-corrected chi connectivity index (χ2v) is 4.94. The Morgan fingerprint density at radius 3 is 2.18 bits per heavy atom. The summed E-state index contributed by atoms with van der Waals surface area (Å²) in [6, 6.07) is 8.08. The average molecular weight is 234 g/mol. The summed E-state index contributed by atoms with van der Waals surface area (Å²) in [6.45, 7) is 8.63. The van der Waals surface area contributed by atoms with Crippen molar-refractivity contribution >= 4 is 5.78 Å². The van der Waals surface area contributed by atoms with Gasteiger partial charge in [0.15, 0.2) is 0 Å². The summed E-state index contributed by atoms with van der Waals surface area (Å²) in [4.78, 5) is 11.4. The first kappa shape index (κ1) is 13.8. The Kier molecular flexibility index (Phi) is 5.20. The predicted octanol–water partition coefficient (Wildman–Crippen LogP) is 3.80. The van der Waals surface area contributed by atoms with Gasteiger partial charge in [0.25, 0.3) is 0 Å². The van der Waals surface area contributed by atoms with Gasteiger partial charge in [0, 0.05) is 12.3 Å². The van der Waals surface area contributed by atoms with E-state index in [9.17, 15) is 4.79 Å². The molecule has 0 aliphatic rings. The van der Waals surface area contributed by atoms with Crippen molar-refractivity contribution in [2.75, 3.05) is 6.61 Å². The summed E-state index contributed by atoms with van der Waals surface area (Å²) in [6.07, 6.45) is 0.490. The Bertz CT molecular complexity index is 350. The van der Waals surface area contributed by atoms with Crippen LogP contribution in [0.25, 0.3) is 0 Å². The second kappa shape index (κ2) is 6.43. The lowest BCUT2D eigenvalue weighted by atomic mass is 10.0. The molecule has 0 aliphatic carbocycles. The fraction of sp³-hybridized carbons (Fsp3) is 0.533. The van der Waals surface area contributed by atoms with Crippen molar-refractivity contribution in [2.24, 2.45) is 5.92 Å². The first-order chi connectivity index (χ1) is 8.00. The fourth-order valence-corrected chi connectivity index (χ4v) is 1.51. The molecule has 0 bridgehead atoms. The molecule has 0 atom stereocenters. The minimum absolute atomic E-state index is 0.0990. The summed E-state index contributed by atoms with van der Waals surface area (Å²) < 4.78 is 5.54. The van der Waals surface area contributed by atoms with Crippen LogP contribution in [0.1, 0.15) is 45.6 Å². The molecule has 0 aromatic heterocycles. The van der Waals surface area contributed by atoms with Gasteiger partial charge in [-0.05, 0) is 23.6 Å². The number of rotatable bonds is 6. The van der Waals surface area contributed by atoms with Crippen LogP contribution in [0.5, 0.6) is 5.75 Å². The summed E-state index contributed by atoms with van der Waals surface area (Å²) in [5, 5.41) is 0. The van der Waals surface area contributed by atoms with Gasteiger partial charge in [-0.1, -0.05) is 39.8 Å². The standard InChI is InChI=1S/C15H22O2/c1-11(2)13-5-7-14(8-6-13)17-10-9-15(16)12(3)4/h5-8,11-12H,9-10H2,1-4H3. The molecular formula is C15H22O2. The van der Waals surface area contributed by atoms with E-state index < -0.39 is 0 Å². The lowest BCUT2D eigenvalue weighted by molar-refractivity contribution is -0.122. The van der Waals surface area contributed by atoms with Crippen LogP contribution < -0.4 is 4.74 Å². The number of benzene rings is 1. The Morgan fingerprint density at radius 1 is 1.12 bits per heavy atom. The highest BCUT2D eigenvalue weighted by Crippen LogP contribution is 2.18. The van der Waals surface area contributed by atoms with E-state index in [2.05, 4.69) is 26.0 Å². The van der Waals surface area contributed by atoms with E-state index in [1.54, 1.807) is 0 Å². The molecule has 0 unspecified atom stereocenters. The van der Waals surface area contributed by atoms with Gasteiger partial charge in [0.05, 0.1) is 6.61 Å². The quantitative estimate of drug-likeness (QED) is 0.748. The summed E-state index contributed by atoms with van der Waals surface area (Å²) in [5.41, 5.74) is 1.30. The van der Waals surface area contributed by atoms with Crippen LogP contribution in [-0.2, 0) is 4.79 Å². The maximum Gasteiger partial charge on any atom is 0.138 e. The van der Waals surface area contributed by atoms with E-state index in [1.165, 1.54) is 5.56 Å². The SMILES string of the molecule is CC(C)C(=O)CCOc1ccc(C(C)C)cc1. The van der Waals surface area contributed by atoms with Crippen molar-refractivity contribution in [3.8, 4) is 5.75 Å². The van der Waals surface area contributed by atoms with Crippen molar-refractivity contribution in [3.63, 3.8) is 0 Å². The normalized spacial score (nSPS) is 10.9. The first-order valence-corrected chi connectivity index (χ1v) is 6.26. The van der Waals surface area contributed by atoms with Gasteiger partial charge in [-0.3, -0.25) is 4.79 Å². The minimum Gasteiger partial charge on any atom is -0.493 e. The molecule has 2 nitrogen and oxygen atoms in total. The average Bonchev–Trinajstić information content (AvgIpc) is 2.29. The van der Waals surface area contributed by atoms with Gasteiger partial charge in [0.2, 0.25) is 0 Å². The third-order valence-corrected chi connectivity index (χ3v) is 2.81. The topological polar surface area (TPSA) is 26.3 Å². The Hall–Kier alpha value is -1.31. The molecule has 0 saturated heterocycles. The van der Waals surface area contributed by atoms with Crippen molar-refractivity contribution in [3.05, 3.63) is 29.8 Å². The van der Waals surface area contributed by atoms with Crippen LogP contribution >= 0.6 is 0 Å². The fourth-order valence-electron chi connectivity index (χ4n) is 1.51. The predicted molar refractivity (Wildman–Crippen MR) is 70.5 cm³/mol. The number of carbonyl (C=O) groups excluding carboxylic acids is 1. The zero-order chi connectivity index (χ0) is 12.8. The van der Waals surface area contributed by atoms with Crippen molar-refractivity contribution in [1.29, 1.82) is 0 Å². The van der Waals surface area contributed by atoms with Gasteiger partial charge in [-0.25, -0.2) is 0 Å². The van der Waals surface area contributed by atoms with E-state index in [4.69, 9.17) is 4.74 Å². The van der Waals surface area contributed by atoms with Crippen LogP contribution in [0.3, 0.4) is 0 Å². The largest absolute Gasteiger partial charge is 0.493 e. The number of hydrogen-bond acceptors (Lipinski definition) is 2. The molecule has 0 N–H and O–H groups in total. The number of Topliss-reactive ketones (excluding diaryl/α,β-unsaturated/α-hetero) is 1. The molecular weight excluding hydrogens is 212 g/mol. The van der Waals surface area contributed by atoms with Crippen molar-refractivity contribution in [1.82, 2.24) is 0 Å². The van der Waals surface area contributed by atoms with Crippen LogP contribution in [0.2, 0.25) is 0 Å². The number of carbonyl (C=O) groups is 1. The molecule has 0 heterocycles. The Balaban J connectivity index is 2.40. The molecule has 0 spiro atoms. The van der Waals surface area contributed by atoms with Crippen LogP contribution in [0, 0.1) is 5.92 Å². The van der Waals surface area contributed by atoms with Crippen LogP contribution in [0.4, 0.5) is 0 Å². The van der Waals surface area contributed by atoms with E-state index in [1.807, 2.05) is 26.0 Å². The lowest BCUT2D eigenvalue weighted by Crippen LogP contribution is -2.11. The molecule has 0 aliphatic heterocycles. The third kappa shape index (κ3) is 4.59. The summed E-state index contributed by atoms with van der Waals surface area (Å²) >= 11 is 0. The van der Waals surface area contributed by atoms with E-state index in [-0.39, 0.29) is 11.7 Å². The van der Waals surface area contributed by atoms with Crippen LogP contribution in [0.15, 0.2) is 24.3 Å². The minimum atomic E-state index is 0.0990. The molecule has 1 aromatic rings. The summed E-state index contributed by atoms with van der Waals surface area (Å²) in [5.74, 6) is 1.73. The maximum atomic E-state index is 11.4. The summed E-state index contributed by atoms with van der Waals surface area (Å²) in [7, 11) is 0. The number of ketones is 1. The highest BCUT2D eigenvalue weighted by molar-refractivity contribution is 5.80. The van der Waals surface area contributed by atoms with Gasteiger partial charge in [-0.2, -0.15) is 0 Å². The molecule has 1 rings (SSSR count). The first-order valence-electron chi connectivity index (χ1n) is 6.26. The number of hydrogen-bond donors (Lipinski definition) is 0. The van der Waals surface area contributed by atoms with Gasteiger partial charge < -0.3 is 4.74 Å². The highest BCUT2D eigenvalue weighted by atomic mass is 16.5. The zero-order valence-electron chi connectivity index (χ0n) is 11.2. The number of ether oxygens (including phenoxy) is 1. The second-order valence-electron chi connectivity index (χ2n) is 4.94. The molecule has 94 valence electrons.